The van der Waals surface area contributed by atoms with Gasteiger partial charge in [0.2, 0.25) is 0 Å². The molecule has 0 aromatic heterocycles. The van der Waals surface area contributed by atoms with Gasteiger partial charge in [0.15, 0.2) is 5.75 Å². The number of benzene rings is 2. The van der Waals surface area contributed by atoms with Crippen molar-refractivity contribution in [1.29, 1.82) is 0 Å². The molecule has 26 heavy (non-hydrogen) atoms. The fourth-order valence-corrected chi connectivity index (χ4v) is 3.85. The molecule has 1 heterocycles. The molecule has 0 radical (unpaired) electrons. The predicted molar refractivity (Wildman–Crippen MR) is 109 cm³/mol. The molecule has 6 heteroatoms. The van der Waals surface area contributed by atoms with E-state index in [9.17, 15) is 4.39 Å². The number of likely N-dealkylation sites (tertiary alicyclic amines) is 1. The van der Waals surface area contributed by atoms with Crippen molar-refractivity contribution in [2.75, 3.05) is 13.1 Å². The van der Waals surface area contributed by atoms with E-state index < -0.39 is 0 Å². The van der Waals surface area contributed by atoms with E-state index in [1.54, 1.807) is 24.3 Å². The highest BCUT2D eigenvalue weighted by molar-refractivity contribution is 7.80. The summed E-state index contributed by atoms with van der Waals surface area (Å²) in [7, 11) is 0. The number of hydrogen-bond donors (Lipinski definition) is 0. The molecule has 0 saturated carbocycles. The number of rotatable bonds is 4. The number of nitrogens with zero attached hydrogens (tertiary/aromatic N) is 1. The first-order chi connectivity index (χ1) is 12.4. The Labute approximate surface area is 168 Å². The SMILES string of the molecule is CC1CCN(C(=S)c2cc(Cl)c(OCc3ccc(F)cc3)c(Cl)c2)CC1. The highest BCUT2D eigenvalue weighted by Crippen LogP contribution is 2.35. The summed E-state index contributed by atoms with van der Waals surface area (Å²) in [5.41, 5.74) is 1.67. The lowest BCUT2D eigenvalue weighted by molar-refractivity contribution is 0.284. The van der Waals surface area contributed by atoms with Crippen LogP contribution in [-0.2, 0) is 6.61 Å². The van der Waals surface area contributed by atoms with E-state index in [-0.39, 0.29) is 12.4 Å². The summed E-state index contributed by atoms with van der Waals surface area (Å²) in [5.74, 6) is 0.870. The molecule has 0 unspecified atom stereocenters. The first-order valence-corrected chi connectivity index (χ1v) is 9.76. The molecule has 0 spiro atoms. The van der Waals surface area contributed by atoms with Crippen molar-refractivity contribution in [2.24, 2.45) is 5.92 Å². The van der Waals surface area contributed by atoms with Gasteiger partial charge in [-0.15, -0.1) is 0 Å². The Morgan fingerprint density at radius 2 is 1.73 bits per heavy atom. The van der Waals surface area contributed by atoms with Gasteiger partial charge in [-0.05, 0) is 48.6 Å². The molecule has 0 amide bonds. The van der Waals surface area contributed by atoms with Crippen LogP contribution in [0.5, 0.6) is 5.75 Å². The fraction of sp³-hybridized carbons (Fsp3) is 0.350. The van der Waals surface area contributed by atoms with E-state index in [1.165, 1.54) is 12.1 Å². The third-order valence-corrected chi connectivity index (χ3v) is 5.67. The molecule has 2 aromatic rings. The van der Waals surface area contributed by atoms with Gasteiger partial charge in [0.1, 0.15) is 17.4 Å². The Balaban J connectivity index is 1.71. The Kier molecular flexibility index (Phi) is 6.38. The highest BCUT2D eigenvalue weighted by Gasteiger charge is 2.20. The van der Waals surface area contributed by atoms with Crippen molar-refractivity contribution in [3.63, 3.8) is 0 Å². The fourth-order valence-electron chi connectivity index (χ4n) is 2.95. The topological polar surface area (TPSA) is 12.5 Å². The lowest BCUT2D eigenvalue weighted by Gasteiger charge is -2.32. The van der Waals surface area contributed by atoms with Crippen molar-refractivity contribution in [3.8, 4) is 5.75 Å². The quantitative estimate of drug-likeness (QED) is 0.562. The molecular weight excluding hydrogens is 392 g/mol. The molecule has 0 bridgehead atoms. The molecule has 2 nitrogen and oxygen atoms in total. The van der Waals surface area contributed by atoms with E-state index in [2.05, 4.69) is 11.8 Å². The van der Waals surface area contributed by atoms with Gasteiger partial charge in [0, 0.05) is 18.7 Å². The maximum Gasteiger partial charge on any atom is 0.157 e. The van der Waals surface area contributed by atoms with Crippen LogP contribution < -0.4 is 4.74 Å². The average molecular weight is 412 g/mol. The normalized spacial score (nSPS) is 15.2. The molecule has 1 aliphatic rings. The Morgan fingerprint density at radius 1 is 1.15 bits per heavy atom. The predicted octanol–water partition coefficient (Wildman–Crippen LogP) is 6.12. The monoisotopic (exact) mass is 411 g/mol. The molecule has 0 aliphatic carbocycles. The standard InChI is InChI=1S/C20H20Cl2FNOS/c1-13-6-8-24(9-7-13)20(26)15-10-17(21)19(18(22)11-15)25-12-14-2-4-16(23)5-3-14/h2-5,10-11,13H,6-9,12H2,1H3. The minimum atomic E-state index is -0.283. The summed E-state index contributed by atoms with van der Waals surface area (Å²) in [6.45, 7) is 4.44. The third-order valence-electron chi connectivity index (χ3n) is 4.61. The van der Waals surface area contributed by atoms with Crippen molar-refractivity contribution < 1.29 is 9.13 Å². The van der Waals surface area contributed by atoms with Crippen LogP contribution in [0.15, 0.2) is 36.4 Å². The highest BCUT2D eigenvalue weighted by atomic mass is 35.5. The van der Waals surface area contributed by atoms with Crippen LogP contribution in [0.2, 0.25) is 10.0 Å². The molecule has 1 aliphatic heterocycles. The zero-order valence-corrected chi connectivity index (χ0v) is 16.8. The number of ether oxygens (including phenoxy) is 1. The van der Waals surface area contributed by atoms with Gasteiger partial charge >= 0.3 is 0 Å². The van der Waals surface area contributed by atoms with E-state index in [1.807, 2.05) is 0 Å². The third kappa shape index (κ3) is 4.67. The number of halogens is 3. The minimum absolute atomic E-state index is 0.257. The maximum atomic E-state index is 13.0. The van der Waals surface area contributed by atoms with Gasteiger partial charge < -0.3 is 9.64 Å². The lowest BCUT2D eigenvalue weighted by Crippen LogP contribution is -2.37. The van der Waals surface area contributed by atoms with Gasteiger partial charge in [-0.25, -0.2) is 4.39 Å². The molecule has 0 N–H and O–H groups in total. The second kappa shape index (κ2) is 8.55. The second-order valence-electron chi connectivity index (χ2n) is 6.66. The largest absolute Gasteiger partial charge is 0.486 e. The molecule has 1 fully saturated rings. The molecule has 2 aromatic carbocycles. The minimum Gasteiger partial charge on any atom is -0.486 e. The Hall–Kier alpha value is -1.36. The summed E-state index contributed by atoms with van der Waals surface area (Å²) in [4.78, 5) is 2.97. The molecule has 138 valence electrons. The smallest absolute Gasteiger partial charge is 0.157 e. The van der Waals surface area contributed by atoms with Crippen LogP contribution in [0.4, 0.5) is 4.39 Å². The number of thiocarbonyl (C=S) groups is 1. The average Bonchev–Trinajstić information content (AvgIpc) is 2.62. The van der Waals surface area contributed by atoms with E-state index in [4.69, 9.17) is 40.2 Å². The molecular formula is C20H20Cl2FNOS. The van der Waals surface area contributed by atoms with Gasteiger partial charge in [0.25, 0.3) is 0 Å². The van der Waals surface area contributed by atoms with Crippen molar-refractivity contribution in [3.05, 3.63) is 63.4 Å². The van der Waals surface area contributed by atoms with Gasteiger partial charge in [0.05, 0.1) is 10.0 Å². The first kappa shape index (κ1) is 19.4. The number of piperidine rings is 1. The van der Waals surface area contributed by atoms with Crippen LogP contribution >= 0.6 is 35.4 Å². The van der Waals surface area contributed by atoms with Crippen molar-refractivity contribution in [2.45, 2.75) is 26.4 Å². The zero-order chi connectivity index (χ0) is 18.7. The maximum absolute atomic E-state index is 13.0. The summed E-state index contributed by atoms with van der Waals surface area (Å²) >= 11 is 18.4. The van der Waals surface area contributed by atoms with Gasteiger partial charge in [-0.1, -0.05) is 54.5 Å². The van der Waals surface area contributed by atoms with E-state index >= 15 is 0 Å². The summed E-state index contributed by atoms with van der Waals surface area (Å²) < 4.78 is 18.7. The van der Waals surface area contributed by atoms with Crippen LogP contribution in [0.1, 0.15) is 30.9 Å². The zero-order valence-electron chi connectivity index (χ0n) is 14.5. The summed E-state index contributed by atoms with van der Waals surface area (Å²) in [6.07, 6.45) is 2.28. The van der Waals surface area contributed by atoms with Crippen molar-refractivity contribution in [1.82, 2.24) is 4.90 Å². The van der Waals surface area contributed by atoms with E-state index in [0.717, 1.165) is 48.0 Å². The summed E-state index contributed by atoms with van der Waals surface area (Å²) in [6, 6.07) is 9.71. The van der Waals surface area contributed by atoms with Crippen molar-refractivity contribution >= 4 is 40.4 Å². The Bertz CT molecular complexity index is 766. The van der Waals surface area contributed by atoms with Gasteiger partial charge in [-0.2, -0.15) is 0 Å². The summed E-state index contributed by atoms with van der Waals surface area (Å²) in [5, 5.41) is 0.838. The van der Waals surface area contributed by atoms with E-state index in [0.29, 0.717) is 15.8 Å². The van der Waals surface area contributed by atoms with Crippen LogP contribution in [0.25, 0.3) is 0 Å². The molecule has 0 atom stereocenters. The number of hydrogen-bond acceptors (Lipinski definition) is 2. The van der Waals surface area contributed by atoms with Crippen LogP contribution in [0.3, 0.4) is 0 Å². The first-order valence-electron chi connectivity index (χ1n) is 8.59. The lowest BCUT2D eigenvalue weighted by atomic mass is 9.99. The van der Waals surface area contributed by atoms with Crippen LogP contribution in [0, 0.1) is 11.7 Å². The molecule has 3 rings (SSSR count). The van der Waals surface area contributed by atoms with Gasteiger partial charge in [-0.3, -0.25) is 0 Å². The van der Waals surface area contributed by atoms with Crippen LogP contribution in [-0.4, -0.2) is 23.0 Å². The second-order valence-corrected chi connectivity index (χ2v) is 7.86. The Morgan fingerprint density at radius 3 is 2.31 bits per heavy atom. The molecule has 1 saturated heterocycles.